The molecule has 6 aromatic rings. The number of hydrogen-bond acceptors (Lipinski definition) is 7. The number of ether oxygens (including phenoxy) is 2. The predicted octanol–water partition coefficient (Wildman–Crippen LogP) is 7.77. The number of para-hydroxylation sites is 1. The van der Waals surface area contributed by atoms with Crippen molar-refractivity contribution < 1.29 is 18.7 Å². The average Bonchev–Trinajstić information content (AvgIpc) is 3.43. The van der Waals surface area contributed by atoms with Gasteiger partial charge in [0.25, 0.3) is 5.91 Å². The lowest BCUT2D eigenvalue weighted by atomic mass is 10.0. The highest BCUT2D eigenvalue weighted by Gasteiger charge is 2.19. The number of fused-ring (bicyclic) bond motifs is 2. The van der Waals surface area contributed by atoms with Crippen LogP contribution in [-0.4, -0.2) is 25.1 Å². The highest BCUT2D eigenvalue weighted by Crippen LogP contribution is 2.33. The number of benzene rings is 4. The number of nitrogens with one attached hydrogen (secondary N) is 1. The molecular weight excluding hydrogens is 534 g/mol. The van der Waals surface area contributed by atoms with E-state index in [1.807, 2.05) is 24.3 Å². The van der Waals surface area contributed by atoms with E-state index < -0.39 is 0 Å². The van der Waals surface area contributed by atoms with Crippen LogP contribution in [0.3, 0.4) is 0 Å². The maximum Gasteiger partial charge on any atom is 0.262 e. The molecule has 7 nitrogen and oxygen atoms in total. The molecule has 0 bridgehead atoms. The van der Waals surface area contributed by atoms with Gasteiger partial charge in [-0.1, -0.05) is 55.5 Å². The molecule has 2 aromatic heterocycles. The molecule has 1 N–H and O–H groups in total. The molecule has 0 aliphatic rings. The van der Waals surface area contributed by atoms with Gasteiger partial charge in [0.1, 0.15) is 11.3 Å². The first-order chi connectivity index (χ1) is 20.1. The van der Waals surface area contributed by atoms with Crippen molar-refractivity contribution >= 4 is 49.8 Å². The molecule has 0 spiro atoms. The van der Waals surface area contributed by atoms with E-state index in [9.17, 15) is 4.79 Å². The summed E-state index contributed by atoms with van der Waals surface area (Å²) in [6.07, 6.45) is 0.791. The largest absolute Gasteiger partial charge is 0.497 e. The number of rotatable bonds is 7. The number of methoxy groups -OCH3 is 2. The topological polar surface area (TPSA) is 86.0 Å². The Morgan fingerprint density at radius 1 is 0.902 bits per heavy atom. The molecule has 8 heteroatoms. The summed E-state index contributed by atoms with van der Waals surface area (Å²) in [6, 6.07) is 29.0. The first-order valence-electron chi connectivity index (χ1n) is 13.2. The van der Waals surface area contributed by atoms with Crippen LogP contribution < -0.4 is 20.3 Å². The third-order valence-electron chi connectivity index (χ3n) is 6.77. The summed E-state index contributed by atoms with van der Waals surface area (Å²) >= 11 is 1.47. The Morgan fingerprint density at radius 3 is 2.44 bits per heavy atom. The Hall–Kier alpha value is -4.95. The van der Waals surface area contributed by atoms with Gasteiger partial charge in [-0.2, -0.15) is 0 Å². The zero-order valence-electron chi connectivity index (χ0n) is 22.8. The summed E-state index contributed by atoms with van der Waals surface area (Å²) in [4.78, 5) is 24.3. The number of thiazole rings is 1. The first kappa shape index (κ1) is 26.3. The number of amides is 1. The van der Waals surface area contributed by atoms with Crippen molar-refractivity contribution in [1.29, 1.82) is 0 Å². The van der Waals surface area contributed by atoms with Crippen LogP contribution in [0.4, 0.5) is 10.8 Å². The van der Waals surface area contributed by atoms with Crippen molar-refractivity contribution in [2.75, 3.05) is 19.5 Å². The van der Waals surface area contributed by atoms with E-state index >= 15 is 0 Å². The third kappa shape index (κ3) is 5.29. The van der Waals surface area contributed by atoms with Gasteiger partial charge in [-0.25, -0.2) is 9.98 Å². The zero-order valence-corrected chi connectivity index (χ0v) is 23.6. The van der Waals surface area contributed by atoms with Crippen LogP contribution >= 0.6 is 11.3 Å². The summed E-state index contributed by atoms with van der Waals surface area (Å²) in [6.45, 7) is 2.09. The van der Waals surface area contributed by atoms with Gasteiger partial charge >= 0.3 is 0 Å². The lowest BCUT2D eigenvalue weighted by Crippen LogP contribution is -2.21. The van der Waals surface area contributed by atoms with Crippen LogP contribution in [0.25, 0.3) is 33.0 Å². The third-order valence-corrected chi connectivity index (χ3v) is 7.88. The van der Waals surface area contributed by atoms with Crippen molar-refractivity contribution in [3.05, 3.63) is 107 Å². The number of aryl methyl sites for hydroxylation is 1. The second-order valence-corrected chi connectivity index (χ2v) is 10.4. The number of carbonyl (C=O) groups is 1. The molecule has 0 aliphatic heterocycles. The van der Waals surface area contributed by atoms with Crippen molar-refractivity contribution in [1.82, 2.24) is 4.98 Å². The molecule has 204 valence electrons. The zero-order chi connectivity index (χ0) is 28.3. The van der Waals surface area contributed by atoms with Crippen LogP contribution in [0.2, 0.25) is 0 Å². The molecule has 0 unspecified atom stereocenters. The number of anilines is 1. The van der Waals surface area contributed by atoms with E-state index in [0.717, 1.165) is 27.9 Å². The number of hydrogen-bond donors (Lipinski definition) is 1. The monoisotopic (exact) mass is 561 g/mol. The van der Waals surface area contributed by atoms with Crippen molar-refractivity contribution in [2.45, 2.75) is 13.3 Å². The molecule has 0 saturated heterocycles. The molecular formula is C33H27N3O4S. The maximum atomic E-state index is 13.7. The van der Waals surface area contributed by atoms with Crippen molar-refractivity contribution in [2.24, 2.45) is 4.99 Å². The molecule has 41 heavy (non-hydrogen) atoms. The van der Waals surface area contributed by atoms with Gasteiger partial charge in [0.05, 0.1) is 25.6 Å². The normalized spacial score (nSPS) is 11.6. The lowest BCUT2D eigenvalue weighted by molar-refractivity contribution is 0.102. The smallest absolute Gasteiger partial charge is 0.262 e. The average molecular weight is 562 g/mol. The summed E-state index contributed by atoms with van der Waals surface area (Å²) in [5.74, 6) is 0.886. The quantitative estimate of drug-likeness (QED) is 0.215. The molecule has 1 amide bonds. The number of carbonyl (C=O) groups excluding carboxylic acids is 1. The van der Waals surface area contributed by atoms with Crippen LogP contribution in [0, 0.1) is 0 Å². The minimum absolute atomic E-state index is 0.159. The van der Waals surface area contributed by atoms with Gasteiger partial charge in [0, 0.05) is 15.8 Å². The Kier molecular flexibility index (Phi) is 7.22. The maximum absolute atomic E-state index is 13.7. The molecule has 0 radical (unpaired) electrons. The summed E-state index contributed by atoms with van der Waals surface area (Å²) < 4.78 is 16.9. The summed E-state index contributed by atoms with van der Waals surface area (Å²) in [5, 5.41) is 6.53. The summed E-state index contributed by atoms with van der Waals surface area (Å²) in [7, 11) is 3.18. The van der Waals surface area contributed by atoms with Gasteiger partial charge in [-0.15, -0.1) is 11.3 Å². The predicted molar refractivity (Wildman–Crippen MR) is 163 cm³/mol. The van der Waals surface area contributed by atoms with Gasteiger partial charge in [0.15, 0.2) is 16.5 Å². The SMILES string of the molecule is CCc1sc(NC(=O)c2cc3cccc(OC)c3oc2=Nc2ccc(OC)cc2)nc1-c1ccc2ccccc2c1. The molecule has 0 fully saturated rings. The molecule has 6 rings (SSSR count). The van der Waals surface area contributed by atoms with E-state index in [4.69, 9.17) is 18.9 Å². The Morgan fingerprint density at radius 2 is 1.68 bits per heavy atom. The van der Waals surface area contributed by atoms with Crippen molar-refractivity contribution in [3.63, 3.8) is 0 Å². The van der Waals surface area contributed by atoms with E-state index in [2.05, 4.69) is 47.6 Å². The van der Waals surface area contributed by atoms with Crippen LogP contribution in [0.1, 0.15) is 22.2 Å². The minimum Gasteiger partial charge on any atom is -0.497 e. The number of nitrogens with zero attached hydrogens (tertiary/aromatic N) is 2. The van der Waals surface area contributed by atoms with Gasteiger partial charge in [-0.05, 0) is 59.7 Å². The highest BCUT2D eigenvalue weighted by molar-refractivity contribution is 7.16. The van der Waals surface area contributed by atoms with Gasteiger partial charge in [0.2, 0.25) is 5.55 Å². The lowest BCUT2D eigenvalue weighted by Gasteiger charge is -2.08. The first-order valence-corrected chi connectivity index (χ1v) is 14.0. The van der Waals surface area contributed by atoms with Crippen LogP contribution in [0.15, 0.2) is 100 Å². The van der Waals surface area contributed by atoms with E-state index in [0.29, 0.717) is 33.3 Å². The summed E-state index contributed by atoms with van der Waals surface area (Å²) in [5.41, 5.74) is 3.43. The van der Waals surface area contributed by atoms with Crippen molar-refractivity contribution in [3.8, 4) is 22.8 Å². The van der Waals surface area contributed by atoms with Gasteiger partial charge < -0.3 is 13.9 Å². The van der Waals surface area contributed by atoms with E-state index in [1.165, 1.54) is 16.7 Å². The second kappa shape index (κ2) is 11.3. The van der Waals surface area contributed by atoms with Crippen LogP contribution in [0.5, 0.6) is 11.5 Å². The Bertz CT molecular complexity index is 1960. The fraction of sp³-hybridized carbons (Fsp3) is 0.121. The second-order valence-electron chi connectivity index (χ2n) is 9.31. The molecule has 0 atom stereocenters. The minimum atomic E-state index is -0.368. The highest BCUT2D eigenvalue weighted by atomic mass is 32.1. The van der Waals surface area contributed by atoms with E-state index in [-0.39, 0.29) is 17.0 Å². The molecule has 0 aliphatic carbocycles. The standard InChI is InChI=1S/C33H27N3O4S/c1-4-28-29(22-13-12-20-8-5-6-9-21(20)18-22)35-33(41-28)36-31(37)26-19-23-10-7-11-27(39-3)30(23)40-32(26)34-24-14-16-25(38-2)17-15-24/h5-19H,4H2,1-3H3,(H,35,36,37). The fourth-order valence-corrected chi connectivity index (χ4v) is 5.60. The van der Waals surface area contributed by atoms with E-state index in [1.54, 1.807) is 50.6 Å². The van der Waals surface area contributed by atoms with Crippen LogP contribution in [-0.2, 0) is 6.42 Å². The molecule has 4 aromatic carbocycles. The fourth-order valence-electron chi connectivity index (χ4n) is 4.68. The molecule has 2 heterocycles. The Labute approximate surface area is 240 Å². The number of aromatic nitrogens is 1. The Balaban J connectivity index is 1.41. The van der Waals surface area contributed by atoms with Gasteiger partial charge in [-0.3, -0.25) is 10.1 Å². The molecule has 0 saturated carbocycles.